The van der Waals surface area contributed by atoms with Crippen molar-refractivity contribution in [1.29, 1.82) is 0 Å². The Kier molecular flexibility index (Phi) is 6.49. The lowest BCUT2D eigenvalue weighted by Crippen LogP contribution is -2.48. The van der Waals surface area contributed by atoms with E-state index in [0.717, 1.165) is 21.4 Å². The van der Waals surface area contributed by atoms with Crippen LogP contribution in [0, 0.1) is 34.9 Å². The fraction of sp³-hybridized carbons (Fsp3) is 0.265. The number of aromatic carboxylic acids is 1. The van der Waals surface area contributed by atoms with Crippen LogP contribution in [0.5, 0.6) is 5.75 Å². The maximum Gasteiger partial charge on any atom is 0.335 e. The van der Waals surface area contributed by atoms with Gasteiger partial charge in [-0.05, 0) is 79.8 Å². The van der Waals surface area contributed by atoms with Gasteiger partial charge in [-0.2, -0.15) is 0 Å². The highest BCUT2D eigenvalue weighted by Gasteiger charge is 2.67. The van der Waals surface area contributed by atoms with Crippen LogP contribution in [0.15, 0.2) is 78.4 Å². The van der Waals surface area contributed by atoms with Gasteiger partial charge >= 0.3 is 5.97 Å². The van der Waals surface area contributed by atoms with Crippen LogP contribution in [-0.4, -0.2) is 39.8 Å². The quantitative estimate of drug-likeness (QED) is 0.295. The zero-order valence-electron chi connectivity index (χ0n) is 23.8. The number of nitrogens with zero attached hydrogens (tertiary/aromatic N) is 2. The first-order chi connectivity index (χ1) is 21.4. The molecule has 2 aliphatic heterocycles. The highest BCUT2D eigenvalue weighted by Crippen LogP contribution is 2.63. The van der Waals surface area contributed by atoms with E-state index >= 15 is 0 Å². The van der Waals surface area contributed by atoms with Crippen LogP contribution in [0.4, 0.5) is 15.8 Å². The van der Waals surface area contributed by atoms with E-state index < -0.39 is 70.4 Å². The molecule has 4 aliphatic rings. The number of halogens is 2. The van der Waals surface area contributed by atoms with Crippen molar-refractivity contribution >= 4 is 52.6 Å². The van der Waals surface area contributed by atoms with Crippen molar-refractivity contribution in [2.75, 3.05) is 9.80 Å². The van der Waals surface area contributed by atoms with Crippen LogP contribution < -0.4 is 9.80 Å². The molecule has 0 spiro atoms. The third kappa shape index (κ3) is 4.08. The Hall–Kier alpha value is -4.83. The van der Waals surface area contributed by atoms with E-state index in [0.29, 0.717) is 5.56 Å². The Morgan fingerprint density at radius 3 is 2.31 bits per heavy atom. The van der Waals surface area contributed by atoms with Crippen molar-refractivity contribution in [3.8, 4) is 5.75 Å². The normalized spacial score (nSPS) is 29.0. The summed E-state index contributed by atoms with van der Waals surface area (Å²) in [7, 11) is 0. The molecule has 1 saturated carbocycles. The molecule has 2 saturated heterocycles. The first kappa shape index (κ1) is 28.9. The summed E-state index contributed by atoms with van der Waals surface area (Å²) < 4.78 is 14.0. The first-order valence-corrected chi connectivity index (χ1v) is 14.8. The van der Waals surface area contributed by atoms with Gasteiger partial charge in [-0.25, -0.2) is 14.1 Å². The second kappa shape index (κ2) is 10.1. The summed E-state index contributed by atoms with van der Waals surface area (Å²) in [6, 6.07) is 15.6. The van der Waals surface area contributed by atoms with Crippen LogP contribution in [0.2, 0.25) is 5.02 Å². The topological polar surface area (TPSA) is 132 Å². The number of carbonyl (C=O) groups excluding carboxylic acids is 4. The van der Waals surface area contributed by atoms with Crippen LogP contribution in [-0.2, 0) is 19.2 Å². The third-order valence-electron chi connectivity index (χ3n) is 10.0. The van der Waals surface area contributed by atoms with Gasteiger partial charge in [-0.15, -0.1) is 0 Å². The second-order valence-electron chi connectivity index (χ2n) is 12.2. The number of phenols is 1. The number of carboxylic acids is 1. The van der Waals surface area contributed by atoms with Crippen molar-refractivity contribution in [2.45, 2.75) is 25.7 Å². The van der Waals surface area contributed by atoms with Crippen molar-refractivity contribution in [2.24, 2.45) is 29.1 Å². The molecule has 4 amide bonds. The first-order valence-electron chi connectivity index (χ1n) is 14.5. The molecular weight excluding hydrogens is 603 g/mol. The molecule has 6 unspecified atom stereocenters. The molecule has 2 aliphatic carbocycles. The number of rotatable bonds is 4. The molecule has 2 heterocycles. The average Bonchev–Trinajstić information content (AvgIpc) is 3.38. The Morgan fingerprint density at radius 2 is 1.62 bits per heavy atom. The minimum atomic E-state index is -1.31. The number of fused-ring (bicyclic) bond motifs is 4. The Bertz CT molecular complexity index is 1870. The molecule has 6 atom stereocenters. The number of imide groups is 2. The van der Waals surface area contributed by atoms with Crippen molar-refractivity contribution < 1.29 is 38.6 Å². The van der Waals surface area contributed by atoms with Crippen LogP contribution in [0.1, 0.15) is 41.6 Å². The van der Waals surface area contributed by atoms with Gasteiger partial charge in [-0.1, -0.05) is 41.4 Å². The van der Waals surface area contributed by atoms with Gasteiger partial charge < -0.3 is 10.2 Å². The summed E-state index contributed by atoms with van der Waals surface area (Å²) in [5.74, 6) is -7.59. The van der Waals surface area contributed by atoms with E-state index in [1.807, 2.05) is 6.08 Å². The van der Waals surface area contributed by atoms with Crippen molar-refractivity contribution in [3.05, 3.63) is 100 Å². The SMILES string of the molecule is CC12C(=O)N(c3ccc(F)c(Cl)c3)C(=O)C1CC1C(=CCC3C(=O)N(c4cccc(C(=O)O)c4)C(=O)C31)C2c1ccc(O)cc1. The van der Waals surface area contributed by atoms with E-state index in [-0.39, 0.29) is 40.6 Å². The fourth-order valence-corrected chi connectivity index (χ4v) is 8.14. The van der Waals surface area contributed by atoms with Gasteiger partial charge in [0, 0.05) is 5.92 Å². The van der Waals surface area contributed by atoms with E-state index in [1.165, 1.54) is 48.5 Å². The maximum atomic E-state index is 14.4. The zero-order chi connectivity index (χ0) is 31.9. The Morgan fingerprint density at radius 1 is 0.911 bits per heavy atom. The number of anilines is 2. The van der Waals surface area contributed by atoms with E-state index in [4.69, 9.17) is 11.6 Å². The lowest BCUT2D eigenvalue weighted by Gasteiger charge is -2.49. The van der Waals surface area contributed by atoms with Gasteiger partial charge in [-0.3, -0.25) is 24.1 Å². The predicted octanol–water partition coefficient (Wildman–Crippen LogP) is 5.32. The molecule has 3 fully saturated rings. The number of carbonyl (C=O) groups is 5. The maximum absolute atomic E-state index is 14.4. The zero-order valence-corrected chi connectivity index (χ0v) is 24.6. The highest BCUT2D eigenvalue weighted by molar-refractivity contribution is 6.32. The smallest absolute Gasteiger partial charge is 0.335 e. The monoisotopic (exact) mass is 628 g/mol. The Labute approximate surface area is 261 Å². The fourth-order valence-electron chi connectivity index (χ4n) is 7.96. The lowest BCUT2D eigenvalue weighted by molar-refractivity contribution is -0.131. The summed E-state index contributed by atoms with van der Waals surface area (Å²) in [5.41, 5.74) is 0.302. The minimum Gasteiger partial charge on any atom is -0.508 e. The van der Waals surface area contributed by atoms with E-state index in [9.17, 15) is 38.6 Å². The van der Waals surface area contributed by atoms with Gasteiger partial charge in [0.15, 0.2) is 0 Å². The molecule has 0 aromatic heterocycles. The molecule has 3 aromatic rings. The van der Waals surface area contributed by atoms with E-state index in [2.05, 4.69) is 0 Å². The molecule has 45 heavy (non-hydrogen) atoms. The molecule has 0 radical (unpaired) electrons. The van der Waals surface area contributed by atoms with Gasteiger partial charge in [0.1, 0.15) is 11.6 Å². The number of hydrogen-bond donors (Lipinski definition) is 2. The number of phenolic OH excluding ortho intramolecular Hbond substituents is 1. The summed E-state index contributed by atoms with van der Waals surface area (Å²) in [6.45, 7) is 1.72. The van der Waals surface area contributed by atoms with Crippen LogP contribution in [0.25, 0.3) is 0 Å². The van der Waals surface area contributed by atoms with Gasteiger partial charge in [0.2, 0.25) is 23.6 Å². The number of aromatic hydroxyl groups is 1. The van der Waals surface area contributed by atoms with E-state index in [1.54, 1.807) is 19.1 Å². The second-order valence-corrected chi connectivity index (χ2v) is 12.6. The third-order valence-corrected chi connectivity index (χ3v) is 10.3. The number of benzene rings is 3. The number of allylic oxidation sites excluding steroid dienone is 2. The van der Waals surface area contributed by atoms with Gasteiger partial charge in [0.05, 0.1) is 45.1 Å². The molecule has 11 heteroatoms. The van der Waals surface area contributed by atoms with Crippen LogP contribution >= 0.6 is 11.6 Å². The molecule has 2 N–H and O–H groups in total. The molecule has 0 bridgehead atoms. The molecule has 228 valence electrons. The predicted molar refractivity (Wildman–Crippen MR) is 160 cm³/mol. The summed E-state index contributed by atoms with van der Waals surface area (Å²) in [4.78, 5) is 70.1. The van der Waals surface area contributed by atoms with Gasteiger partial charge in [0.25, 0.3) is 0 Å². The summed E-state index contributed by atoms with van der Waals surface area (Å²) in [5, 5.41) is 19.3. The summed E-state index contributed by atoms with van der Waals surface area (Å²) >= 11 is 6.03. The molecule has 3 aromatic carbocycles. The van der Waals surface area contributed by atoms with Crippen molar-refractivity contribution in [1.82, 2.24) is 0 Å². The minimum absolute atomic E-state index is 0.0118. The lowest BCUT2D eigenvalue weighted by atomic mass is 9.51. The number of carboxylic acid groups (broad SMARTS) is 1. The Balaban J connectivity index is 1.35. The molecular formula is C34H26ClFN2O7. The standard InChI is InChI=1S/C34H26ClFN2O7/c1-34-24(30(41)38(33(34)45)19-7-12-26(36)25(35)14-19)15-23-21(28(34)16-5-8-20(39)9-6-16)10-11-22-27(23)31(42)37(29(22)40)18-4-2-3-17(13-18)32(43)44/h2-10,12-14,22-24,27-28,39H,11,15H2,1H3,(H,43,44). The highest BCUT2D eigenvalue weighted by atomic mass is 35.5. The van der Waals surface area contributed by atoms with Crippen LogP contribution in [0.3, 0.4) is 0 Å². The number of hydrogen-bond acceptors (Lipinski definition) is 6. The summed E-state index contributed by atoms with van der Waals surface area (Å²) in [6.07, 6.45) is 2.21. The molecule has 9 nitrogen and oxygen atoms in total. The number of amides is 4. The van der Waals surface area contributed by atoms with Crippen molar-refractivity contribution in [3.63, 3.8) is 0 Å². The largest absolute Gasteiger partial charge is 0.508 e. The average molecular weight is 629 g/mol. The molecule has 7 rings (SSSR count).